The second-order valence-corrected chi connectivity index (χ2v) is 11.0. The van der Waals surface area contributed by atoms with Crippen molar-refractivity contribution < 1.29 is 14.3 Å². The van der Waals surface area contributed by atoms with Crippen LogP contribution in [0.15, 0.2) is 53.7 Å². The highest BCUT2D eigenvalue weighted by atomic mass is 35.5. The summed E-state index contributed by atoms with van der Waals surface area (Å²) in [7, 11) is 5.06. The van der Waals surface area contributed by atoms with Crippen molar-refractivity contribution in [1.29, 1.82) is 0 Å². The fourth-order valence-electron chi connectivity index (χ4n) is 4.45. The zero-order valence-electron chi connectivity index (χ0n) is 22.4. The molecule has 2 heterocycles. The van der Waals surface area contributed by atoms with Gasteiger partial charge in [-0.25, -0.2) is 9.97 Å². The van der Waals surface area contributed by atoms with Crippen LogP contribution in [0.1, 0.15) is 41.3 Å². The monoisotopic (exact) mass is 554 g/mol. The van der Waals surface area contributed by atoms with E-state index in [4.69, 9.17) is 26.1 Å². The molecule has 0 radical (unpaired) electrons. The Labute approximate surface area is 234 Å². The van der Waals surface area contributed by atoms with Crippen molar-refractivity contribution in [1.82, 2.24) is 14.9 Å². The number of thioether (sulfide) groups is 1. The summed E-state index contributed by atoms with van der Waals surface area (Å²) in [5.41, 5.74) is 2.77. The summed E-state index contributed by atoms with van der Waals surface area (Å²) in [6.07, 6.45) is 3.03. The first-order valence-electron chi connectivity index (χ1n) is 12.8. The quantitative estimate of drug-likeness (QED) is 0.173. The summed E-state index contributed by atoms with van der Waals surface area (Å²) in [6.45, 7) is 4.85. The third kappa shape index (κ3) is 7.32. The molecule has 2 aromatic carbocycles. The molecular weight excluding hydrogens is 520 g/mol. The van der Waals surface area contributed by atoms with Gasteiger partial charge in [-0.15, -0.1) is 0 Å². The van der Waals surface area contributed by atoms with E-state index in [9.17, 15) is 4.79 Å². The molecule has 4 rings (SSSR count). The number of aromatic nitrogens is 2. The van der Waals surface area contributed by atoms with Gasteiger partial charge in [-0.3, -0.25) is 4.79 Å². The van der Waals surface area contributed by atoms with E-state index in [2.05, 4.69) is 16.8 Å². The summed E-state index contributed by atoms with van der Waals surface area (Å²) in [4.78, 5) is 26.3. The van der Waals surface area contributed by atoms with E-state index in [0.717, 1.165) is 48.8 Å². The Kier molecular flexibility index (Phi) is 9.74. The second kappa shape index (κ2) is 13.2. The molecule has 0 aliphatic carbocycles. The fourth-order valence-corrected chi connectivity index (χ4v) is 5.47. The lowest BCUT2D eigenvalue weighted by molar-refractivity contribution is 0.0796. The van der Waals surface area contributed by atoms with Gasteiger partial charge in [0.15, 0.2) is 16.7 Å². The van der Waals surface area contributed by atoms with Crippen LogP contribution in [0.2, 0.25) is 5.15 Å². The van der Waals surface area contributed by atoms with Crippen LogP contribution in [0.3, 0.4) is 0 Å². The molecule has 3 aromatic rings. The van der Waals surface area contributed by atoms with Crippen LogP contribution in [-0.4, -0.2) is 61.7 Å². The maximum absolute atomic E-state index is 13.1. The van der Waals surface area contributed by atoms with E-state index in [1.165, 1.54) is 11.8 Å². The number of halogens is 1. The Morgan fingerprint density at radius 2 is 1.82 bits per heavy atom. The third-order valence-corrected chi connectivity index (χ3v) is 7.95. The Hall–Kier alpha value is -2.97. The Morgan fingerprint density at radius 1 is 1.05 bits per heavy atom. The molecule has 7 nitrogen and oxygen atoms in total. The van der Waals surface area contributed by atoms with E-state index in [1.807, 2.05) is 55.6 Å². The van der Waals surface area contributed by atoms with Crippen molar-refractivity contribution in [3.8, 4) is 11.5 Å². The van der Waals surface area contributed by atoms with Crippen molar-refractivity contribution in [2.75, 3.05) is 45.8 Å². The third-order valence-electron chi connectivity index (χ3n) is 6.84. The number of rotatable bonds is 10. The summed E-state index contributed by atoms with van der Waals surface area (Å²) in [5.74, 6) is 3.64. The van der Waals surface area contributed by atoms with Gasteiger partial charge in [0.05, 0.1) is 14.2 Å². The Morgan fingerprint density at radius 3 is 2.55 bits per heavy atom. The van der Waals surface area contributed by atoms with Crippen LogP contribution in [0.4, 0.5) is 5.82 Å². The molecule has 0 atom stereocenters. The first-order valence-corrected chi connectivity index (χ1v) is 14.2. The van der Waals surface area contributed by atoms with E-state index < -0.39 is 0 Å². The minimum atomic E-state index is -0.0158. The number of carbonyl (C=O) groups is 1. The van der Waals surface area contributed by atoms with Gasteiger partial charge in [-0.05, 0) is 60.6 Å². The highest BCUT2D eigenvalue weighted by Gasteiger charge is 2.19. The van der Waals surface area contributed by atoms with Gasteiger partial charge in [0.1, 0.15) is 11.0 Å². The lowest BCUT2D eigenvalue weighted by Gasteiger charge is -2.31. The van der Waals surface area contributed by atoms with Crippen molar-refractivity contribution in [2.24, 2.45) is 5.92 Å². The summed E-state index contributed by atoms with van der Waals surface area (Å²) in [5, 5.41) is 1.10. The van der Waals surface area contributed by atoms with E-state index in [0.29, 0.717) is 46.1 Å². The maximum atomic E-state index is 13.1. The van der Waals surface area contributed by atoms with Gasteiger partial charge in [0.2, 0.25) is 0 Å². The lowest BCUT2D eigenvalue weighted by Crippen LogP contribution is -2.33. The molecule has 0 N–H and O–H groups in total. The molecule has 9 heteroatoms. The predicted octanol–water partition coefficient (Wildman–Crippen LogP) is 5.99. The zero-order chi connectivity index (χ0) is 27.1. The van der Waals surface area contributed by atoms with Gasteiger partial charge in [-0.1, -0.05) is 48.5 Å². The number of anilines is 1. The molecular formula is C29H35ClN4O3S. The van der Waals surface area contributed by atoms with Crippen LogP contribution < -0.4 is 14.4 Å². The van der Waals surface area contributed by atoms with E-state index >= 15 is 0 Å². The molecule has 0 spiro atoms. The van der Waals surface area contributed by atoms with Crippen molar-refractivity contribution in [3.05, 3.63) is 70.4 Å². The number of methoxy groups -OCH3 is 2. The molecule has 1 saturated heterocycles. The minimum absolute atomic E-state index is 0.0158. The molecule has 0 saturated carbocycles. The highest BCUT2D eigenvalue weighted by molar-refractivity contribution is 7.98. The Balaban J connectivity index is 1.35. The van der Waals surface area contributed by atoms with Crippen LogP contribution in [0.5, 0.6) is 11.5 Å². The van der Waals surface area contributed by atoms with Crippen LogP contribution in [-0.2, 0) is 12.2 Å². The molecule has 1 amide bonds. The molecule has 202 valence electrons. The molecule has 38 heavy (non-hydrogen) atoms. The average molecular weight is 555 g/mol. The minimum Gasteiger partial charge on any atom is -0.493 e. The van der Waals surface area contributed by atoms with Crippen molar-refractivity contribution in [3.63, 3.8) is 0 Å². The number of carbonyl (C=O) groups excluding carboxylic acids is 1. The first-order chi connectivity index (χ1) is 18.4. The standard InChI is InChI=1S/C29H35ClN4O3S/c1-20-10-14-34(15-11-20)27-18-26(30)31-29(32-27)38-19-22-6-5-7-23(16-22)28(35)33(2)13-12-21-8-9-24(36-3)25(17-21)37-4/h5-9,16-18,20H,10-15,19H2,1-4H3. The van der Waals surface area contributed by atoms with E-state index in [1.54, 1.807) is 19.1 Å². The lowest BCUT2D eigenvalue weighted by atomic mass is 9.99. The maximum Gasteiger partial charge on any atom is 0.253 e. The van der Waals surface area contributed by atoms with Gasteiger partial charge in [0.25, 0.3) is 5.91 Å². The molecule has 1 aliphatic rings. The summed E-state index contributed by atoms with van der Waals surface area (Å²) in [6, 6.07) is 15.4. The number of amides is 1. The van der Waals surface area contributed by atoms with Gasteiger partial charge >= 0.3 is 0 Å². The highest BCUT2D eigenvalue weighted by Crippen LogP contribution is 2.29. The Bertz CT molecular complexity index is 1250. The second-order valence-electron chi connectivity index (χ2n) is 9.66. The van der Waals surface area contributed by atoms with Gasteiger partial charge in [0, 0.05) is 44.1 Å². The largest absolute Gasteiger partial charge is 0.493 e. The summed E-state index contributed by atoms with van der Waals surface area (Å²) >= 11 is 7.86. The van der Waals surface area contributed by atoms with Crippen LogP contribution >= 0.6 is 23.4 Å². The summed E-state index contributed by atoms with van der Waals surface area (Å²) < 4.78 is 10.7. The number of nitrogens with zero attached hydrogens (tertiary/aromatic N) is 4. The van der Waals surface area contributed by atoms with Crippen molar-refractivity contribution >= 4 is 35.1 Å². The number of benzene rings is 2. The normalized spacial score (nSPS) is 13.9. The molecule has 1 aromatic heterocycles. The molecule has 0 unspecified atom stereocenters. The number of hydrogen-bond acceptors (Lipinski definition) is 7. The predicted molar refractivity (Wildman–Crippen MR) is 154 cm³/mol. The van der Waals surface area contributed by atoms with E-state index in [-0.39, 0.29) is 5.91 Å². The zero-order valence-corrected chi connectivity index (χ0v) is 24.0. The van der Waals surface area contributed by atoms with Crippen LogP contribution in [0, 0.1) is 5.92 Å². The molecule has 1 fully saturated rings. The first kappa shape index (κ1) is 28.0. The molecule has 0 bridgehead atoms. The SMILES string of the molecule is COc1ccc(CCN(C)C(=O)c2cccc(CSc3nc(Cl)cc(N4CCC(C)CC4)n3)c2)cc1OC. The van der Waals surface area contributed by atoms with Crippen LogP contribution in [0.25, 0.3) is 0 Å². The van der Waals surface area contributed by atoms with Gasteiger partial charge < -0.3 is 19.3 Å². The molecule has 1 aliphatic heterocycles. The number of likely N-dealkylation sites (N-methyl/N-ethyl adjacent to an activating group) is 1. The average Bonchev–Trinajstić information content (AvgIpc) is 2.94. The fraction of sp³-hybridized carbons (Fsp3) is 0.414. The number of piperidine rings is 1. The van der Waals surface area contributed by atoms with Gasteiger partial charge in [-0.2, -0.15) is 0 Å². The smallest absolute Gasteiger partial charge is 0.253 e. The number of ether oxygens (including phenoxy) is 2. The topological polar surface area (TPSA) is 67.8 Å². The number of hydrogen-bond donors (Lipinski definition) is 0. The van der Waals surface area contributed by atoms with Crippen molar-refractivity contribution in [2.45, 2.75) is 37.1 Å².